The Labute approximate surface area is 275 Å². The Hall–Kier alpha value is -4.89. The largest absolute Gasteiger partial charge is 0.467 e. The highest BCUT2D eigenvalue weighted by atomic mass is 32.1. The Balaban J connectivity index is 1.44. The van der Waals surface area contributed by atoms with E-state index in [9.17, 15) is 14.4 Å². The van der Waals surface area contributed by atoms with E-state index in [1.165, 1.54) is 14.0 Å². The predicted molar refractivity (Wildman–Crippen MR) is 182 cm³/mol. The van der Waals surface area contributed by atoms with Gasteiger partial charge in [0.2, 0.25) is 5.91 Å². The van der Waals surface area contributed by atoms with Crippen LogP contribution in [0.15, 0.2) is 97.3 Å². The molecule has 2 amide bonds. The van der Waals surface area contributed by atoms with Crippen LogP contribution >= 0.6 is 12.2 Å². The van der Waals surface area contributed by atoms with E-state index in [1.807, 2.05) is 91.9 Å². The van der Waals surface area contributed by atoms with Crippen LogP contribution in [0.4, 0.5) is 5.69 Å². The fraction of sp³-hybridized carbons (Fsp3) is 0.270. The van der Waals surface area contributed by atoms with E-state index in [4.69, 9.17) is 17.0 Å². The molecular formula is C37H38N4O4S. The van der Waals surface area contributed by atoms with E-state index in [2.05, 4.69) is 17.2 Å². The van der Waals surface area contributed by atoms with Gasteiger partial charge in [-0.1, -0.05) is 85.9 Å². The van der Waals surface area contributed by atoms with E-state index in [-0.39, 0.29) is 11.8 Å². The Morgan fingerprint density at radius 1 is 0.978 bits per heavy atom. The molecule has 4 aromatic rings. The molecule has 3 aromatic carbocycles. The van der Waals surface area contributed by atoms with Gasteiger partial charge in [-0.3, -0.25) is 19.5 Å². The summed E-state index contributed by atoms with van der Waals surface area (Å²) in [6, 6.07) is 25.4. The Bertz CT molecular complexity index is 1710. The van der Waals surface area contributed by atoms with E-state index in [1.54, 1.807) is 22.2 Å². The highest BCUT2D eigenvalue weighted by Gasteiger charge is 2.48. The second-order valence-electron chi connectivity index (χ2n) is 11.4. The first-order valence-corrected chi connectivity index (χ1v) is 15.8. The quantitative estimate of drug-likeness (QED) is 0.182. The summed E-state index contributed by atoms with van der Waals surface area (Å²) in [5.74, 6) is -0.796. The van der Waals surface area contributed by atoms with Crippen LogP contribution < -0.4 is 10.2 Å². The maximum absolute atomic E-state index is 14.2. The lowest BCUT2D eigenvalue weighted by atomic mass is 9.99. The number of hydrogen-bond donors (Lipinski definition) is 1. The van der Waals surface area contributed by atoms with Crippen molar-refractivity contribution in [2.75, 3.05) is 12.0 Å². The summed E-state index contributed by atoms with van der Waals surface area (Å²) in [6.45, 7) is 5.58. The highest BCUT2D eigenvalue weighted by molar-refractivity contribution is 7.80. The first-order chi connectivity index (χ1) is 22.2. The molecule has 236 valence electrons. The van der Waals surface area contributed by atoms with Crippen LogP contribution in [0.5, 0.6) is 0 Å². The first kappa shape index (κ1) is 32.5. The number of methoxy groups -OCH3 is 1. The average Bonchev–Trinajstić information content (AvgIpc) is 3.36. The fourth-order valence-electron chi connectivity index (χ4n) is 6.16. The topological polar surface area (TPSA) is 91.8 Å². The molecule has 5 rings (SSSR count). The summed E-state index contributed by atoms with van der Waals surface area (Å²) in [5.41, 5.74) is 6.27. The maximum Gasteiger partial charge on any atom is 0.328 e. The third kappa shape index (κ3) is 6.84. The number of benzene rings is 3. The molecule has 0 aliphatic carbocycles. The summed E-state index contributed by atoms with van der Waals surface area (Å²) in [4.78, 5) is 48.2. The molecule has 1 saturated heterocycles. The number of nitrogens with zero attached hydrogens (tertiary/aromatic N) is 3. The van der Waals surface area contributed by atoms with E-state index < -0.39 is 24.2 Å². The number of hydrogen-bond acceptors (Lipinski definition) is 6. The van der Waals surface area contributed by atoms with Crippen molar-refractivity contribution in [3.63, 3.8) is 0 Å². The Kier molecular flexibility index (Phi) is 10.2. The molecule has 1 aliphatic heterocycles. The minimum atomic E-state index is -0.713. The second-order valence-corrected chi connectivity index (χ2v) is 11.8. The minimum absolute atomic E-state index is 0.176. The average molecular weight is 635 g/mol. The minimum Gasteiger partial charge on any atom is -0.467 e. The van der Waals surface area contributed by atoms with Crippen LogP contribution in [0, 0.1) is 6.92 Å². The molecule has 1 N–H and O–H groups in total. The maximum atomic E-state index is 14.2. The molecule has 0 spiro atoms. The third-order valence-electron chi connectivity index (χ3n) is 8.39. The van der Waals surface area contributed by atoms with Gasteiger partial charge in [0.1, 0.15) is 23.2 Å². The molecule has 46 heavy (non-hydrogen) atoms. The van der Waals surface area contributed by atoms with Crippen molar-refractivity contribution in [3.8, 4) is 0 Å². The fourth-order valence-corrected chi connectivity index (χ4v) is 6.59. The summed E-state index contributed by atoms with van der Waals surface area (Å²) in [7, 11) is 1.36. The molecule has 9 heteroatoms. The monoisotopic (exact) mass is 634 g/mol. The molecular weight excluding hydrogens is 596 g/mol. The van der Waals surface area contributed by atoms with Crippen LogP contribution in [0.1, 0.15) is 53.4 Å². The summed E-state index contributed by atoms with van der Waals surface area (Å²) < 4.78 is 5.13. The normalized spacial score (nSPS) is 16.7. The number of amides is 2. The molecule has 1 aromatic heterocycles. The number of carbonyl (C=O) groups excluding carboxylic acids is 3. The van der Waals surface area contributed by atoms with Crippen molar-refractivity contribution in [1.82, 2.24) is 15.2 Å². The van der Waals surface area contributed by atoms with Gasteiger partial charge < -0.3 is 15.0 Å². The lowest BCUT2D eigenvalue weighted by molar-refractivity contribution is -0.142. The number of rotatable bonds is 10. The zero-order chi connectivity index (χ0) is 32.8. The summed E-state index contributed by atoms with van der Waals surface area (Å²) in [5, 5.41) is 3.24. The van der Waals surface area contributed by atoms with Gasteiger partial charge in [0, 0.05) is 43.4 Å². The van der Waals surface area contributed by atoms with Gasteiger partial charge in [0.25, 0.3) is 5.91 Å². The van der Waals surface area contributed by atoms with Gasteiger partial charge in [0.15, 0.2) is 0 Å². The number of esters is 1. The van der Waals surface area contributed by atoms with Crippen LogP contribution in [0.25, 0.3) is 0 Å². The molecule has 1 aliphatic rings. The van der Waals surface area contributed by atoms with Crippen LogP contribution in [-0.2, 0) is 38.4 Å². The van der Waals surface area contributed by atoms with E-state index in [0.29, 0.717) is 23.5 Å². The lowest BCUT2D eigenvalue weighted by Crippen LogP contribution is -2.43. The molecule has 8 nitrogen and oxygen atoms in total. The van der Waals surface area contributed by atoms with Gasteiger partial charge in [-0.25, -0.2) is 4.79 Å². The number of carbonyl (C=O) groups is 3. The standard InChI is InChI=1S/C37H38N4O4S/c1-5-28-15-9-11-24(2)33(28)34(46)39-31(37(44)45-4)21-26-16-18-30(19-17-26)41-35(29-13-7-6-8-14-29)40(25(3)42)32(36(41)43)22-27-12-10-20-38-23-27/h6-20,23,31-32,35H,5,21-22H2,1-4H3,(H,39,46)/t31-,32?,35-/m0/s1. The van der Waals surface area contributed by atoms with Crippen LogP contribution in [0.2, 0.25) is 0 Å². The molecule has 1 fully saturated rings. The number of thiocarbonyl (C=S) groups is 1. The first-order valence-electron chi connectivity index (χ1n) is 15.3. The van der Waals surface area contributed by atoms with E-state index >= 15 is 0 Å². The predicted octanol–water partition coefficient (Wildman–Crippen LogP) is 5.51. The van der Waals surface area contributed by atoms with Gasteiger partial charge in [0.05, 0.1) is 7.11 Å². The van der Waals surface area contributed by atoms with Crippen molar-refractivity contribution in [2.24, 2.45) is 0 Å². The second kappa shape index (κ2) is 14.5. The van der Waals surface area contributed by atoms with Crippen molar-refractivity contribution in [1.29, 1.82) is 0 Å². The number of anilines is 1. The smallest absolute Gasteiger partial charge is 0.328 e. The van der Waals surface area contributed by atoms with Gasteiger partial charge >= 0.3 is 5.97 Å². The molecule has 1 unspecified atom stereocenters. The van der Waals surface area contributed by atoms with Gasteiger partial charge in [-0.05, 0) is 59.4 Å². The SMILES string of the molecule is CCc1cccc(C)c1C(=S)N[C@@H](Cc1ccc(N2C(=O)C(Cc3cccnc3)N(C(C)=O)[C@@H]2c2ccccc2)cc1)C(=O)OC. The number of aryl methyl sites for hydroxylation is 2. The highest BCUT2D eigenvalue weighted by Crippen LogP contribution is 2.39. The van der Waals surface area contributed by atoms with Crippen molar-refractivity contribution in [2.45, 2.75) is 58.3 Å². The lowest BCUT2D eigenvalue weighted by Gasteiger charge is -2.31. The van der Waals surface area contributed by atoms with Crippen molar-refractivity contribution in [3.05, 3.63) is 131 Å². The molecule has 0 radical (unpaired) electrons. The Morgan fingerprint density at radius 2 is 1.72 bits per heavy atom. The summed E-state index contributed by atoms with van der Waals surface area (Å²) in [6.07, 6.45) is 4.26. The number of pyridine rings is 1. The molecule has 2 heterocycles. The zero-order valence-corrected chi connectivity index (χ0v) is 27.3. The molecule has 3 atom stereocenters. The number of nitrogens with one attached hydrogen (secondary N) is 1. The van der Waals surface area contributed by atoms with E-state index in [0.717, 1.165) is 39.8 Å². The van der Waals surface area contributed by atoms with Crippen molar-refractivity contribution < 1.29 is 19.1 Å². The number of ether oxygens (including phenoxy) is 1. The Morgan fingerprint density at radius 3 is 2.35 bits per heavy atom. The third-order valence-corrected chi connectivity index (χ3v) is 8.71. The van der Waals surface area contributed by atoms with Gasteiger partial charge in [-0.15, -0.1) is 0 Å². The molecule has 0 saturated carbocycles. The van der Waals surface area contributed by atoms with Crippen molar-refractivity contribution >= 4 is 40.7 Å². The van der Waals surface area contributed by atoms with Crippen LogP contribution in [-0.4, -0.2) is 51.8 Å². The number of aromatic nitrogens is 1. The summed E-state index contributed by atoms with van der Waals surface area (Å²) >= 11 is 5.78. The zero-order valence-electron chi connectivity index (χ0n) is 26.5. The van der Waals surface area contributed by atoms with Gasteiger partial charge in [-0.2, -0.15) is 0 Å². The molecule has 0 bridgehead atoms. The van der Waals surface area contributed by atoms with Crippen LogP contribution in [0.3, 0.4) is 0 Å².